The summed E-state index contributed by atoms with van der Waals surface area (Å²) >= 11 is 0. The number of methoxy groups -OCH3 is 1. The molecule has 0 aliphatic heterocycles. The third-order valence-electron chi connectivity index (χ3n) is 6.70. The standard InChI is InChI=1S/C29H58O4/c1-5-7-9-11-13-15-17-19-21-28(22-20-18-16-14-12-10-8-6-2)23-24-33-29(30)26-32-25-27(3)31-4/h27-28H,5-26H2,1-4H3. The summed E-state index contributed by atoms with van der Waals surface area (Å²) in [4.78, 5) is 11.9. The van der Waals surface area contributed by atoms with E-state index in [2.05, 4.69) is 13.8 Å². The lowest BCUT2D eigenvalue weighted by Crippen LogP contribution is -2.20. The summed E-state index contributed by atoms with van der Waals surface area (Å²) in [6, 6.07) is 0. The Morgan fingerprint density at radius 2 is 1.12 bits per heavy atom. The summed E-state index contributed by atoms with van der Waals surface area (Å²) in [7, 11) is 1.64. The first-order chi connectivity index (χ1) is 16.1. The van der Waals surface area contributed by atoms with E-state index in [-0.39, 0.29) is 18.7 Å². The van der Waals surface area contributed by atoms with Crippen molar-refractivity contribution in [3.8, 4) is 0 Å². The molecule has 0 aromatic heterocycles. The van der Waals surface area contributed by atoms with Gasteiger partial charge in [-0.2, -0.15) is 0 Å². The molecule has 0 aromatic carbocycles. The zero-order chi connectivity index (χ0) is 24.4. The number of unbranched alkanes of at least 4 members (excludes halogenated alkanes) is 14. The topological polar surface area (TPSA) is 44.8 Å². The highest BCUT2D eigenvalue weighted by Crippen LogP contribution is 2.22. The molecule has 0 bridgehead atoms. The molecule has 0 rings (SSSR count). The van der Waals surface area contributed by atoms with Crippen molar-refractivity contribution < 1.29 is 19.0 Å². The first-order valence-corrected chi connectivity index (χ1v) is 14.4. The fraction of sp³-hybridized carbons (Fsp3) is 0.966. The molecule has 4 heteroatoms. The van der Waals surface area contributed by atoms with E-state index < -0.39 is 0 Å². The number of esters is 1. The molecular formula is C29H58O4. The highest BCUT2D eigenvalue weighted by molar-refractivity contribution is 5.70. The molecule has 198 valence electrons. The summed E-state index contributed by atoms with van der Waals surface area (Å²) in [6.07, 6.45) is 25.5. The Morgan fingerprint density at radius 3 is 1.58 bits per heavy atom. The van der Waals surface area contributed by atoms with Gasteiger partial charge in [0.25, 0.3) is 0 Å². The molecule has 0 fully saturated rings. The Labute approximate surface area is 206 Å². The summed E-state index contributed by atoms with van der Waals surface area (Å²) in [5, 5.41) is 0. The second-order valence-electron chi connectivity index (χ2n) is 9.96. The number of carbonyl (C=O) groups is 1. The number of hydrogen-bond donors (Lipinski definition) is 0. The fourth-order valence-corrected chi connectivity index (χ4v) is 4.32. The third kappa shape index (κ3) is 24.3. The summed E-state index contributed by atoms with van der Waals surface area (Å²) in [6.45, 7) is 7.45. The van der Waals surface area contributed by atoms with Crippen LogP contribution in [0, 0.1) is 5.92 Å². The van der Waals surface area contributed by atoms with Gasteiger partial charge in [0.15, 0.2) is 0 Å². The van der Waals surface area contributed by atoms with E-state index in [0.29, 0.717) is 19.1 Å². The van der Waals surface area contributed by atoms with Crippen LogP contribution in [0.4, 0.5) is 0 Å². The zero-order valence-electron chi connectivity index (χ0n) is 22.8. The van der Waals surface area contributed by atoms with E-state index in [1.807, 2.05) is 6.92 Å². The molecule has 0 saturated carbocycles. The molecular weight excluding hydrogens is 412 g/mol. The normalized spacial score (nSPS) is 12.4. The van der Waals surface area contributed by atoms with E-state index in [4.69, 9.17) is 14.2 Å². The summed E-state index contributed by atoms with van der Waals surface area (Å²) < 4.78 is 15.9. The van der Waals surface area contributed by atoms with Gasteiger partial charge < -0.3 is 14.2 Å². The molecule has 1 atom stereocenters. The van der Waals surface area contributed by atoms with Crippen LogP contribution in [0.25, 0.3) is 0 Å². The SMILES string of the molecule is CCCCCCCCCCC(CCCCCCCCCC)CCOC(=O)COCC(C)OC. The Morgan fingerprint density at radius 1 is 0.667 bits per heavy atom. The minimum atomic E-state index is -0.254. The fourth-order valence-electron chi connectivity index (χ4n) is 4.32. The average molecular weight is 471 g/mol. The molecule has 0 amide bonds. The summed E-state index contributed by atoms with van der Waals surface area (Å²) in [5.74, 6) is 0.434. The lowest BCUT2D eigenvalue weighted by atomic mass is 9.91. The van der Waals surface area contributed by atoms with Crippen LogP contribution in [0.3, 0.4) is 0 Å². The lowest BCUT2D eigenvalue weighted by molar-refractivity contribution is -0.150. The van der Waals surface area contributed by atoms with E-state index >= 15 is 0 Å². The monoisotopic (exact) mass is 470 g/mol. The van der Waals surface area contributed by atoms with Gasteiger partial charge in [0, 0.05) is 7.11 Å². The first-order valence-electron chi connectivity index (χ1n) is 14.4. The van der Waals surface area contributed by atoms with Crippen LogP contribution in [-0.2, 0) is 19.0 Å². The van der Waals surface area contributed by atoms with Crippen molar-refractivity contribution in [3.05, 3.63) is 0 Å². The van der Waals surface area contributed by atoms with Crippen molar-refractivity contribution in [1.29, 1.82) is 0 Å². The average Bonchev–Trinajstić information content (AvgIpc) is 2.81. The predicted octanol–water partition coefficient (Wildman–Crippen LogP) is 8.65. The Bertz CT molecular complexity index is 379. The molecule has 0 N–H and O–H groups in total. The van der Waals surface area contributed by atoms with Gasteiger partial charge in [-0.05, 0) is 19.3 Å². The Kier molecular flexibility index (Phi) is 25.5. The van der Waals surface area contributed by atoms with Gasteiger partial charge in [0.05, 0.1) is 19.3 Å². The van der Waals surface area contributed by atoms with Crippen molar-refractivity contribution in [3.63, 3.8) is 0 Å². The molecule has 0 radical (unpaired) electrons. The van der Waals surface area contributed by atoms with Gasteiger partial charge in [-0.25, -0.2) is 4.79 Å². The van der Waals surface area contributed by atoms with Crippen LogP contribution in [0.2, 0.25) is 0 Å². The second-order valence-corrected chi connectivity index (χ2v) is 9.96. The van der Waals surface area contributed by atoms with Gasteiger partial charge in [-0.3, -0.25) is 0 Å². The van der Waals surface area contributed by atoms with Crippen molar-refractivity contribution in [2.75, 3.05) is 26.9 Å². The van der Waals surface area contributed by atoms with E-state index in [1.165, 1.54) is 116 Å². The van der Waals surface area contributed by atoms with Crippen molar-refractivity contribution in [1.82, 2.24) is 0 Å². The quantitative estimate of drug-likeness (QED) is 0.0937. The largest absolute Gasteiger partial charge is 0.464 e. The number of carbonyl (C=O) groups excluding carboxylic acids is 1. The number of ether oxygens (including phenoxy) is 3. The van der Waals surface area contributed by atoms with Crippen LogP contribution < -0.4 is 0 Å². The second kappa shape index (κ2) is 26.0. The van der Waals surface area contributed by atoms with Gasteiger partial charge in [0.1, 0.15) is 6.61 Å². The van der Waals surface area contributed by atoms with Crippen molar-refractivity contribution in [2.24, 2.45) is 5.92 Å². The van der Waals surface area contributed by atoms with Gasteiger partial charge in [0.2, 0.25) is 0 Å². The van der Waals surface area contributed by atoms with Crippen molar-refractivity contribution in [2.45, 2.75) is 149 Å². The van der Waals surface area contributed by atoms with Crippen LogP contribution in [0.5, 0.6) is 0 Å². The highest BCUT2D eigenvalue weighted by Gasteiger charge is 2.11. The molecule has 1 unspecified atom stereocenters. The van der Waals surface area contributed by atoms with Gasteiger partial charge in [-0.15, -0.1) is 0 Å². The first kappa shape index (κ1) is 32.4. The Hall–Kier alpha value is -0.610. The third-order valence-corrected chi connectivity index (χ3v) is 6.70. The van der Waals surface area contributed by atoms with Gasteiger partial charge >= 0.3 is 5.97 Å². The zero-order valence-corrected chi connectivity index (χ0v) is 22.8. The molecule has 0 aliphatic carbocycles. The van der Waals surface area contributed by atoms with Crippen LogP contribution >= 0.6 is 0 Å². The molecule has 0 aliphatic rings. The molecule has 33 heavy (non-hydrogen) atoms. The smallest absolute Gasteiger partial charge is 0.332 e. The van der Waals surface area contributed by atoms with E-state index in [9.17, 15) is 4.79 Å². The predicted molar refractivity (Wildman–Crippen MR) is 141 cm³/mol. The lowest BCUT2D eigenvalue weighted by Gasteiger charge is -2.17. The van der Waals surface area contributed by atoms with E-state index in [1.54, 1.807) is 7.11 Å². The molecule has 0 saturated heterocycles. The molecule has 4 nitrogen and oxygen atoms in total. The number of hydrogen-bond acceptors (Lipinski definition) is 4. The maximum atomic E-state index is 11.9. The minimum absolute atomic E-state index is 0.000435. The van der Waals surface area contributed by atoms with Gasteiger partial charge in [-0.1, -0.05) is 129 Å². The summed E-state index contributed by atoms with van der Waals surface area (Å²) in [5.41, 5.74) is 0. The Balaban J connectivity index is 4.03. The highest BCUT2D eigenvalue weighted by atomic mass is 16.6. The van der Waals surface area contributed by atoms with Crippen LogP contribution in [-0.4, -0.2) is 39.0 Å². The van der Waals surface area contributed by atoms with Crippen LogP contribution in [0.15, 0.2) is 0 Å². The molecule has 0 aromatic rings. The molecule has 0 heterocycles. The maximum Gasteiger partial charge on any atom is 0.332 e. The van der Waals surface area contributed by atoms with E-state index in [0.717, 1.165) is 6.42 Å². The van der Waals surface area contributed by atoms with Crippen molar-refractivity contribution >= 4 is 5.97 Å². The number of rotatable bonds is 26. The minimum Gasteiger partial charge on any atom is -0.464 e. The maximum absolute atomic E-state index is 11.9. The van der Waals surface area contributed by atoms with Crippen LogP contribution in [0.1, 0.15) is 143 Å². The molecule has 0 spiro atoms.